The molecule has 1 aromatic heterocycles. The second-order valence-corrected chi connectivity index (χ2v) is 5.46. The van der Waals surface area contributed by atoms with E-state index in [0.29, 0.717) is 12.3 Å². The average Bonchev–Trinajstić information content (AvgIpc) is 2.60. The van der Waals surface area contributed by atoms with Gasteiger partial charge in [-0.3, -0.25) is 9.69 Å². The van der Waals surface area contributed by atoms with Gasteiger partial charge in [-0.15, -0.1) is 0 Å². The highest BCUT2D eigenvalue weighted by Gasteiger charge is 2.17. The van der Waals surface area contributed by atoms with E-state index in [9.17, 15) is 4.79 Å². The summed E-state index contributed by atoms with van der Waals surface area (Å²) < 4.78 is 5.27. The van der Waals surface area contributed by atoms with E-state index in [0.717, 1.165) is 25.3 Å². The molecule has 0 spiro atoms. The molecule has 0 bridgehead atoms. The predicted molar refractivity (Wildman–Crippen MR) is 74.2 cm³/mol. The molecular formula is C15H23NO3. The fourth-order valence-electron chi connectivity index (χ4n) is 2.83. The smallest absolute Gasteiger partial charge is 0.226 e. The Bertz CT molecular complexity index is 455. The zero-order valence-corrected chi connectivity index (χ0v) is 11.6. The van der Waals surface area contributed by atoms with Crippen molar-refractivity contribution in [3.05, 3.63) is 28.3 Å². The van der Waals surface area contributed by atoms with Crippen LogP contribution in [0.3, 0.4) is 0 Å². The Labute approximate surface area is 114 Å². The molecule has 0 saturated carbocycles. The summed E-state index contributed by atoms with van der Waals surface area (Å²) in [6.07, 6.45) is 7.47. The zero-order valence-electron chi connectivity index (χ0n) is 11.6. The summed E-state index contributed by atoms with van der Waals surface area (Å²) in [6.45, 7) is 5.03. The molecule has 1 fully saturated rings. The van der Waals surface area contributed by atoms with Gasteiger partial charge in [0.05, 0.1) is 6.54 Å². The number of likely N-dealkylation sites (tertiary alicyclic amines) is 1. The molecule has 0 radical (unpaired) electrons. The van der Waals surface area contributed by atoms with E-state index in [1.165, 1.54) is 38.2 Å². The van der Waals surface area contributed by atoms with Gasteiger partial charge in [-0.1, -0.05) is 19.8 Å². The third kappa shape index (κ3) is 4.10. The largest absolute Gasteiger partial charge is 0.502 e. The van der Waals surface area contributed by atoms with Crippen LogP contribution >= 0.6 is 0 Å². The van der Waals surface area contributed by atoms with Gasteiger partial charge in [0.2, 0.25) is 5.43 Å². The summed E-state index contributed by atoms with van der Waals surface area (Å²) >= 11 is 0. The van der Waals surface area contributed by atoms with Gasteiger partial charge in [-0.05, 0) is 38.3 Å². The first-order valence-electron chi connectivity index (χ1n) is 7.22. The minimum atomic E-state index is -0.361. The molecule has 1 saturated heterocycles. The maximum Gasteiger partial charge on any atom is 0.226 e. The van der Waals surface area contributed by atoms with Gasteiger partial charge in [0.25, 0.3) is 0 Å². The van der Waals surface area contributed by atoms with Crippen molar-refractivity contribution in [2.45, 2.75) is 45.6 Å². The highest BCUT2D eigenvalue weighted by molar-refractivity contribution is 5.15. The summed E-state index contributed by atoms with van der Waals surface area (Å²) in [5.41, 5.74) is -0.361. The van der Waals surface area contributed by atoms with Crippen molar-refractivity contribution >= 4 is 0 Å². The lowest BCUT2D eigenvalue weighted by atomic mass is 9.96. The van der Waals surface area contributed by atoms with E-state index in [-0.39, 0.29) is 11.2 Å². The van der Waals surface area contributed by atoms with Crippen LogP contribution in [0.25, 0.3) is 0 Å². The van der Waals surface area contributed by atoms with Crippen molar-refractivity contribution in [1.82, 2.24) is 4.90 Å². The Balaban J connectivity index is 1.92. The highest BCUT2D eigenvalue weighted by Crippen LogP contribution is 2.22. The highest BCUT2D eigenvalue weighted by atomic mass is 16.4. The molecule has 19 heavy (non-hydrogen) atoms. The number of rotatable bonds is 4. The predicted octanol–water partition coefficient (Wildman–Crippen LogP) is 2.75. The molecule has 1 aliphatic rings. The first kappa shape index (κ1) is 14.1. The molecular weight excluding hydrogens is 242 g/mol. The van der Waals surface area contributed by atoms with E-state index >= 15 is 0 Å². The van der Waals surface area contributed by atoms with Gasteiger partial charge in [-0.2, -0.15) is 0 Å². The maximum absolute atomic E-state index is 11.4. The minimum absolute atomic E-state index is 0.317. The van der Waals surface area contributed by atoms with Gasteiger partial charge >= 0.3 is 0 Å². The van der Waals surface area contributed by atoms with Crippen LogP contribution in [0.2, 0.25) is 0 Å². The van der Waals surface area contributed by atoms with E-state index in [1.54, 1.807) is 0 Å². The van der Waals surface area contributed by atoms with Gasteiger partial charge in [0.15, 0.2) is 5.75 Å². The van der Waals surface area contributed by atoms with Gasteiger partial charge in [0, 0.05) is 6.07 Å². The fraction of sp³-hybridized carbons (Fsp3) is 0.667. The molecule has 1 aliphatic heterocycles. The summed E-state index contributed by atoms with van der Waals surface area (Å²) in [5, 5.41) is 9.17. The normalized spacial score (nSPS) is 21.2. The summed E-state index contributed by atoms with van der Waals surface area (Å²) in [6, 6.07) is 1.39. The Morgan fingerprint density at radius 2 is 2.26 bits per heavy atom. The van der Waals surface area contributed by atoms with Crippen molar-refractivity contribution in [3.8, 4) is 5.75 Å². The van der Waals surface area contributed by atoms with Crippen LogP contribution in [0.5, 0.6) is 5.75 Å². The van der Waals surface area contributed by atoms with Crippen molar-refractivity contribution in [2.75, 3.05) is 13.1 Å². The van der Waals surface area contributed by atoms with Crippen LogP contribution in [0.1, 0.15) is 44.8 Å². The number of nitrogens with zero attached hydrogens (tertiary/aromatic N) is 1. The second-order valence-electron chi connectivity index (χ2n) is 5.46. The number of hydrogen-bond acceptors (Lipinski definition) is 4. The van der Waals surface area contributed by atoms with Crippen molar-refractivity contribution < 1.29 is 9.52 Å². The van der Waals surface area contributed by atoms with Crippen molar-refractivity contribution in [3.63, 3.8) is 0 Å². The molecule has 0 aliphatic carbocycles. The SMILES string of the molecule is CCCC1CCCN(Cc2cc(=O)c(O)co2)CC1. The molecule has 4 heteroatoms. The van der Waals surface area contributed by atoms with Crippen LogP contribution in [0, 0.1) is 5.92 Å². The minimum Gasteiger partial charge on any atom is -0.502 e. The molecule has 2 heterocycles. The Morgan fingerprint density at radius 1 is 1.42 bits per heavy atom. The van der Waals surface area contributed by atoms with E-state index in [2.05, 4.69) is 11.8 Å². The molecule has 1 atom stereocenters. The monoisotopic (exact) mass is 265 g/mol. The first-order valence-corrected chi connectivity index (χ1v) is 7.22. The van der Waals surface area contributed by atoms with E-state index < -0.39 is 0 Å². The average molecular weight is 265 g/mol. The zero-order chi connectivity index (χ0) is 13.7. The Morgan fingerprint density at radius 3 is 3.00 bits per heavy atom. The standard InChI is InChI=1S/C15H23NO3/c1-2-4-12-5-3-7-16(8-6-12)10-13-9-14(17)15(18)11-19-13/h9,11-12,18H,2-8,10H2,1H3. The van der Waals surface area contributed by atoms with Crippen LogP contribution < -0.4 is 5.43 Å². The molecule has 0 amide bonds. The summed E-state index contributed by atoms with van der Waals surface area (Å²) in [5.74, 6) is 1.17. The molecule has 4 nitrogen and oxygen atoms in total. The summed E-state index contributed by atoms with van der Waals surface area (Å²) in [4.78, 5) is 13.7. The molecule has 2 rings (SSSR count). The number of hydrogen-bond donors (Lipinski definition) is 1. The summed E-state index contributed by atoms with van der Waals surface area (Å²) in [7, 11) is 0. The molecule has 0 aromatic carbocycles. The van der Waals surface area contributed by atoms with E-state index in [4.69, 9.17) is 9.52 Å². The molecule has 1 aromatic rings. The molecule has 106 valence electrons. The lowest BCUT2D eigenvalue weighted by molar-refractivity contribution is 0.244. The van der Waals surface area contributed by atoms with Crippen LogP contribution in [0.15, 0.2) is 21.5 Å². The Kier molecular flexibility index (Phi) is 5.02. The third-order valence-electron chi connectivity index (χ3n) is 3.88. The third-order valence-corrected chi connectivity index (χ3v) is 3.88. The van der Waals surface area contributed by atoms with Crippen LogP contribution in [0.4, 0.5) is 0 Å². The fourth-order valence-corrected chi connectivity index (χ4v) is 2.83. The van der Waals surface area contributed by atoms with Crippen molar-refractivity contribution in [2.24, 2.45) is 5.92 Å². The van der Waals surface area contributed by atoms with Crippen LogP contribution in [-0.2, 0) is 6.54 Å². The van der Waals surface area contributed by atoms with Crippen molar-refractivity contribution in [1.29, 1.82) is 0 Å². The topological polar surface area (TPSA) is 53.7 Å². The lowest BCUT2D eigenvalue weighted by Gasteiger charge is -2.19. The van der Waals surface area contributed by atoms with Crippen LogP contribution in [-0.4, -0.2) is 23.1 Å². The molecule has 1 N–H and O–H groups in total. The molecule has 1 unspecified atom stereocenters. The Hall–Kier alpha value is -1.29. The first-order chi connectivity index (χ1) is 9.19. The van der Waals surface area contributed by atoms with E-state index in [1.807, 2.05) is 0 Å². The van der Waals surface area contributed by atoms with Gasteiger partial charge in [0.1, 0.15) is 12.0 Å². The maximum atomic E-state index is 11.4. The number of aromatic hydroxyl groups is 1. The lowest BCUT2D eigenvalue weighted by Crippen LogP contribution is -2.24. The van der Waals surface area contributed by atoms with Gasteiger partial charge < -0.3 is 9.52 Å². The van der Waals surface area contributed by atoms with Gasteiger partial charge in [-0.25, -0.2) is 0 Å². The second kappa shape index (κ2) is 6.75. The quantitative estimate of drug-likeness (QED) is 0.909.